The molecule has 0 amide bonds. The van der Waals surface area contributed by atoms with Gasteiger partial charge in [-0.1, -0.05) is 24.3 Å². The average molecular weight is 817 g/mol. The van der Waals surface area contributed by atoms with Crippen LogP contribution in [0.25, 0.3) is 0 Å². The van der Waals surface area contributed by atoms with Gasteiger partial charge in [0.2, 0.25) is 0 Å². The summed E-state index contributed by atoms with van der Waals surface area (Å²) in [7, 11) is 0. The van der Waals surface area contributed by atoms with Crippen molar-refractivity contribution in [3.8, 4) is 69.0 Å². The number of hydrogen-bond acceptors (Lipinski definition) is 15. The Morgan fingerprint density at radius 3 is 1.62 bits per heavy atom. The molecule has 11 N–H and O–H groups in total. The molecule has 0 spiro atoms. The van der Waals surface area contributed by atoms with Crippen LogP contribution in [-0.2, 0) is 12.2 Å². The van der Waals surface area contributed by atoms with Crippen molar-refractivity contribution in [2.24, 2.45) is 0 Å². The summed E-state index contributed by atoms with van der Waals surface area (Å²) in [6, 6.07) is 21.8. The number of aliphatic hydroxyl groups excluding tert-OH is 3. The highest BCUT2D eigenvalue weighted by atomic mass is 16.7. The number of phenols is 8. The highest BCUT2D eigenvalue weighted by Crippen LogP contribution is 2.65. The van der Waals surface area contributed by atoms with Gasteiger partial charge >= 0.3 is 5.79 Å². The first-order valence-corrected chi connectivity index (χ1v) is 18.9. The monoisotopic (exact) mass is 816 g/mol. The third-order valence-corrected chi connectivity index (χ3v) is 11.9. The number of fused-ring (bicyclic) bond motifs is 9. The first-order chi connectivity index (χ1) is 28.7. The van der Waals surface area contributed by atoms with Crippen LogP contribution in [0.3, 0.4) is 0 Å². The van der Waals surface area contributed by atoms with Gasteiger partial charge in [0.25, 0.3) is 0 Å². The van der Waals surface area contributed by atoms with E-state index in [1.165, 1.54) is 72.8 Å². The molecule has 6 aromatic carbocycles. The molecule has 0 radical (unpaired) electrons. The van der Waals surface area contributed by atoms with Crippen LogP contribution < -0.4 is 18.9 Å². The van der Waals surface area contributed by atoms with Gasteiger partial charge in [-0.2, -0.15) is 0 Å². The summed E-state index contributed by atoms with van der Waals surface area (Å²) >= 11 is 0. The Kier molecular flexibility index (Phi) is 8.13. The molecule has 0 fully saturated rings. The number of benzene rings is 6. The third-order valence-electron chi connectivity index (χ3n) is 11.9. The van der Waals surface area contributed by atoms with E-state index < -0.39 is 71.1 Å². The summed E-state index contributed by atoms with van der Waals surface area (Å²) in [4.78, 5) is 0. The molecule has 4 aliphatic rings. The summed E-state index contributed by atoms with van der Waals surface area (Å²) in [5.74, 6) is -7.82. The standard InChI is InChI=1S/C45H36O15/c46-21-7-1-18(2-8-21)40-30(54)15-25-26(50)16-28(52)34(42(25)57-40)37-35-29(53)17-32-36(43(35)58-41(39(37)55)19-3-9-22(47)10-4-19)38-33-27(51)13-24(49)14-31(33)59-45(60-32,44(38)56)20-5-11-23(48)12-6-20/h1-14,16-17,30,37-41,44,46-56H,15H2/t30-,37-,38+,39+,40+,41+,44+,45-/m0/s1. The van der Waals surface area contributed by atoms with Crippen LogP contribution in [0.15, 0.2) is 97.1 Å². The molecule has 0 unspecified atom stereocenters. The molecule has 10 rings (SSSR count). The second-order valence-corrected chi connectivity index (χ2v) is 15.4. The van der Waals surface area contributed by atoms with Gasteiger partial charge in [0.1, 0.15) is 87.3 Å². The van der Waals surface area contributed by atoms with E-state index >= 15 is 0 Å². The lowest BCUT2D eigenvalue weighted by Gasteiger charge is -2.51. The Hall–Kier alpha value is -7.20. The summed E-state index contributed by atoms with van der Waals surface area (Å²) in [5.41, 5.74) is 0.936. The minimum atomic E-state index is -2.09. The second-order valence-electron chi connectivity index (χ2n) is 15.4. The van der Waals surface area contributed by atoms with Gasteiger partial charge < -0.3 is 75.1 Å². The van der Waals surface area contributed by atoms with E-state index in [2.05, 4.69) is 0 Å². The Morgan fingerprint density at radius 1 is 0.467 bits per heavy atom. The maximum Gasteiger partial charge on any atom is 0.305 e. The molecule has 4 aliphatic heterocycles. The number of ether oxygens (including phenoxy) is 4. The predicted molar refractivity (Wildman–Crippen MR) is 207 cm³/mol. The van der Waals surface area contributed by atoms with E-state index in [0.717, 1.165) is 12.1 Å². The molecule has 306 valence electrons. The lowest BCUT2D eigenvalue weighted by atomic mass is 9.71. The minimum absolute atomic E-state index is 0.0125. The first-order valence-electron chi connectivity index (χ1n) is 18.9. The molecule has 6 aromatic rings. The van der Waals surface area contributed by atoms with Crippen LogP contribution in [0.1, 0.15) is 68.6 Å². The van der Waals surface area contributed by atoms with E-state index in [4.69, 9.17) is 18.9 Å². The zero-order valence-electron chi connectivity index (χ0n) is 31.0. The van der Waals surface area contributed by atoms with Gasteiger partial charge in [-0.25, -0.2) is 0 Å². The summed E-state index contributed by atoms with van der Waals surface area (Å²) in [5, 5.41) is 124. The van der Waals surface area contributed by atoms with Crippen LogP contribution in [-0.4, -0.2) is 74.5 Å². The summed E-state index contributed by atoms with van der Waals surface area (Å²) in [6.07, 6.45) is -7.17. The highest BCUT2D eigenvalue weighted by Gasteiger charge is 2.61. The van der Waals surface area contributed by atoms with Crippen LogP contribution in [0.4, 0.5) is 0 Å². The molecule has 2 bridgehead atoms. The van der Waals surface area contributed by atoms with Crippen LogP contribution >= 0.6 is 0 Å². The van der Waals surface area contributed by atoms with Crippen molar-refractivity contribution >= 4 is 0 Å². The molecule has 0 saturated heterocycles. The van der Waals surface area contributed by atoms with E-state index in [-0.39, 0.29) is 85.8 Å². The predicted octanol–water partition coefficient (Wildman–Crippen LogP) is 5.13. The lowest BCUT2D eigenvalue weighted by Crippen LogP contribution is -2.57. The fraction of sp³-hybridized carbons (Fsp3) is 0.200. The SMILES string of the molecule is Oc1ccc([C@H]2Oc3c(c(O)cc4c3[C@H]3c5c(O)cc(O)cc5O[C@@](c5ccc(O)cc5)(O4)[C@@H]3O)[C@H](c3c(O)cc(O)c4c3O[C@H](c3ccc(O)cc3)[C@@H](O)C4)[C@H]2O)cc1. The largest absolute Gasteiger partial charge is 0.508 e. The van der Waals surface area contributed by atoms with E-state index in [1.54, 1.807) is 12.1 Å². The molecule has 0 aliphatic carbocycles. The molecule has 60 heavy (non-hydrogen) atoms. The normalized spacial score (nSPS) is 25.8. The molecule has 15 nitrogen and oxygen atoms in total. The molecule has 0 aromatic heterocycles. The molecule has 0 saturated carbocycles. The lowest BCUT2D eigenvalue weighted by molar-refractivity contribution is -0.219. The smallest absolute Gasteiger partial charge is 0.305 e. The average Bonchev–Trinajstić information content (AvgIpc) is 3.20. The van der Waals surface area contributed by atoms with Gasteiger partial charge in [0, 0.05) is 64.1 Å². The molecular formula is C45H36O15. The fourth-order valence-corrected chi connectivity index (χ4v) is 9.17. The van der Waals surface area contributed by atoms with Crippen LogP contribution in [0, 0.1) is 0 Å². The molecule has 4 heterocycles. The van der Waals surface area contributed by atoms with Crippen molar-refractivity contribution in [1.82, 2.24) is 0 Å². The third kappa shape index (κ3) is 5.40. The number of aromatic hydroxyl groups is 8. The van der Waals surface area contributed by atoms with Crippen LogP contribution in [0.2, 0.25) is 0 Å². The van der Waals surface area contributed by atoms with E-state index in [0.29, 0.717) is 11.1 Å². The topological polar surface area (TPSA) is 259 Å². The van der Waals surface area contributed by atoms with Crippen molar-refractivity contribution in [1.29, 1.82) is 0 Å². The zero-order valence-corrected chi connectivity index (χ0v) is 31.0. The number of aliphatic hydroxyl groups is 3. The Balaban J connectivity index is 1.24. The second kappa shape index (κ2) is 13.2. The van der Waals surface area contributed by atoms with Gasteiger partial charge in [-0.05, 0) is 59.7 Å². The van der Waals surface area contributed by atoms with Gasteiger partial charge in [0.05, 0.1) is 17.9 Å². The summed E-state index contributed by atoms with van der Waals surface area (Å²) < 4.78 is 26.0. The molecule has 8 atom stereocenters. The maximum absolute atomic E-state index is 12.5. The van der Waals surface area contributed by atoms with Crippen molar-refractivity contribution < 1.29 is 75.1 Å². The fourth-order valence-electron chi connectivity index (χ4n) is 9.17. The van der Waals surface area contributed by atoms with Gasteiger partial charge in [-0.15, -0.1) is 0 Å². The Morgan fingerprint density at radius 2 is 0.983 bits per heavy atom. The Bertz CT molecular complexity index is 2700. The van der Waals surface area contributed by atoms with Crippen molar-refractivity contribution in [2.45, 2.75) is 54.6 Å². The highest BCUT2D eigenvalue weighted by molar-refractivity contribution is 5.72. The molecule has 15 heteroatoms. The minimum Gasteiger partial charge on any atom is -0.508 e. The maximum atomic E-state index is 12.5. The van der Waals surface area contributed by atoms with E-state index in [1.807, 2.05) is 0 Å². The van der Waals surface area contributed by atoms with Gasteiger partial charge in [0.15, 0.2) is 6.10 Å². The van der Waals surface area contributed by atoms with E-state index in [9.17, 15) is 56.2 Å². The number of rotatable bonds is 4. The van der Waals surface area contributed by atoms with Gasteiger partial charge in [-0.3, -0.25) is 0 Å². The Labute approximate surface area is 339 Å². The number of hydrogen-bond donors (Lipinski definition) is 11. The first kappa shape index (κ1) is 37.1. The quantitative estimate of drug-likeness (QED) is 0.110. The van der Waals surface area contributed by atoms with Crippen molar-refractivity contribution in [3.05, 3.63) is 142 Å². The molecular weight excluding hydrogens is 780 g/mol. The zero-order chi connectivity index (χ0) is 41.9. The van der Waals surface area contributed by atoms with Crippen LogP contribution in [0.5, 0.6) is 69.0 Å². The van der Waals surface area contributed by atoms with Crippen molar-refractivity contribution in [2.75, 3.05) is 0 Å². The summed E-state index contributed by atoms with van der Waals surface area (Å²) in [6.45, 7) is 0. The van der Waals surface area contributed by atoms with Crippen molar-refractivity contribution in [3.63, 3.8) is 0 Å². The number of phenolic OH excluding ortho intramolecular Hbond substituents is 8.